The van der Waals surface area contributed by atoms with Crippen LogP contribution in [0.25, 0.3) is 0 Å². The first-order valence-electron chi connectivity index (χ1n) is 7.85. The van der Waals surface area contributed by atoms with Gasteiger partial charge in [0.15, 0.2) is 0 Å². The minimum atomic E-state index is 0.609. The Bertz CT molecular complexity index is 323. The van der Waals surface area contributed by atoms with Gasteiger partial charge in [0.25, 0.3) is 0 Å². The fourth-order valence-corrected chi connectivity index (χ4v) is 4.77. The summed E-state index contributed by atoms with van der Waals surface area (Å²) >= 11 is 0. The molecule has 18 heavy (non-hydrogen) atoms. The molecule has 2 aliphatic heterocycles. The van der Waals surface area contributed by atoms with E-state index in [1.54, 1.807) is 0 Å². The lowest BCUT2D eigenvalue weighted by atomic mass is 9.82. The summed E-state index contributed by atoms with van der Waals surface area (Å²) in [6, 6.07) is 0. The summed E-state index contributed by atoms with van der Waals surface area (Å²) < 4.78 is 11.9. The van der Waals surface area contributed by atoms with E-state index in [1.807, 2.05) is 0 Å². The summed E-state index contributed by atoms with van der Waals surface area (Å²) in [7, 11) is 0. The zero-order valence-electron chi connectivity index (χ0n) is 11.1. The van der Waals surface area contributed by atoms with Crippen molar-refractivity contribution in [2.45, 2.75) is 63.6 Å². The van der Waals surface area contributed by atoms with Gasteiger partial charge in [0.1, 0.15) is 0 Å². The lowest BCUT2D eigenvalue weighted by Crippen LogP contribution is -2.21. The second-order valence-corrected chi connectivity index (χ2v) is 6.77. The highest BCUT2D eigenvalue weighted by Gasteiger charge is 2.53. The highest BCUT2D eigenvalue weighted by Crippen LogP contribution is 2.53. The Morgan fingerprint density at radius 2 is 1.72 bits per heavy atom. The van der Waals surface area contributed by atoms with E-state index in [0.29, 0.717) is 12.2 Å². The third-order valence-corrected chi connectivity index (χ3v) is 5.63. The maximum Gasteiger partial charge on any atom is 0.0901 e. The number of rotatable bonds is 3. The molecule has 0 aromatic carbocycles. The van der Waals surface area contributed by atoms with Gasteiger partial charge in [-0.2, -0.15) is 0 Å². The Morgan fingerprint density at radius 3 is 2.39 bits per heavy atom. The molecule has 2 nitrogen and oxygen atoms in total. The van der Waals surface area contributed by atoms with Gasteiger partial charge < -0.3 is 9.47 Å². The molecule has 4 fully saturated rings. The molecule has 0 aromatic rings. The van der Waals surface area contributed by atoms with Crippen LogP contribution in [0.2, 0.25) is 0 Å². The lowest BCUT2D eigenvalue weighted by molar-refractivity contribution is 0.0708. The quantitative estimate of drug-likeness (QED) is 0.710. The van der Waals surface area contributed by atoms with Crippen LogP contribution >= 0.6 is 0 Å². The molecule has 2 saturated heterocycles. The molecular formula is C16H24O2. The molecule has 2 heterocycles. The molecule has 4 aliphatic rings. The van der Waals surface area contributed by atoms with Gasteiger partial charge in [-0.3, -0.25) is 0 Å². The molecule has 0 N–H and O–H groups in total. The van der Waals surface area contributed by atoms with Gasteiger partial charge in [-0.1, -0.05) is 0 Å². The lowest BCUT2D eigenvalue weighted by Gasteiger charge is -2.19. The highest BCUT2D eigenvalue weighted by molar-refractivity contribution is 5.03. The maximum atomic E-state index is 6.02. The molecular weight excluding hydrogens is 224 g/mol. The number of allylic oxidation sites excluding steroid dienone is 1. The van der Waals surface area contributed by atoms with Crippen molar-refractivity contribution < 1.29 is 9.47 Å². The largest absolute Gasteiger partial charge is 0.501 e. The van der Waals surface area contributed by atoms with Gasteiger partial charge in [0, 0.05) is 0 Å². The smallest absolute Gasteiger partial charge is 0.0901 e. The van der Waals surface area contributed by atoms with Crippen LogP contribution in [0.1, 0.15) is 51.4 Å². The summed E-state index contributed by atoms with van der Waals surface area (Å²) in [6.45, 7) is 0.954. The van der Waals surface area contributed by atoms with E-state index in [9.17, 15) is 0 Å². The Morgan fingerprint density at radius 1 is 1.06 bits per heavy atom. The van der Waals surface area contributed by atoms with E-state index in [2.05, 4.69) is 6.26 Å². The van der Waals surface area contributed by atoms with Crippen LogP contribution in [-0.4, -0.2) is 18.8 Å². The van der Waals surface area contributed by atoms with Crippen molar-refractivity contribution in [3.63, 3.8) is 0 Å². The summed E-state index contributed by atoms with van der Waals surface area (Å²) in [6.07, 6.45) is 13.9. The Hall–Kier alpha value is -0.500. The van der Waals surface area contributed by atoms with Crippen molar-refractivity contribution in [1.82, 2.24) is 0 Å². The second kappa shape index (κ2) is 4.56. The number of ether oxygens (including phenoxy) is 2. The zero-order valence-corrected chi connectivity index (χ0v) is 11.1. The van der Waals surface area contributed by atoms with E-state index in [0.717, 1.165) is 24.4 Å². The molecule has 4 unspecified atom stereocenters. The summed E-state index contributed by atoms with van der Waals surface area (Å²) in [5, 5.41) is 0. The van der Waals surface area contributed by atoms with Gasteiger partial charge >= 0.3 is 0 Å². The molecule has 0 aromatic heterocycles. The molecule has 0 amide bonds. The highest BCUT2D eigenvalue weighted by atomic mass is 16.5. The topological polar surface area (TPSA) is 18.5 Å². The second-order valence-electron chi connectivity index (χ2n) is 6.77. The van der Waals surface area contributed by atoms with Crippen LogP contribution in [0.4, 0.5) is 0 Å². The SMILES string of the molecule is C(OCC1CC2C3CCC(O3)C2C1)=C1CCCC1. The number of fused-ring (bicyclic) bond motifs is 5. The minimum absolute atomic E-state index is 0.609. The fraction of sp³-hybridized carbons (Fsp3) is 0.875. The van der Waals surface area contributed by atoms with Gasteiger partial charge in [-0.05, 0) is 74.7 Å². The first-order chi connectivity index (χ1) is 8.90. The first-order valence-corrected chi connectivity index (χ1v) is 7.85. The predicted molar refractivity (Wildman–Crippen MR) is 70.1 cm³/mol. The normalized spacial score (nSPS) is 45.6. The van der Waals surface area contributed by atoms with Crippen LogP contribution in [0.15, 0.2) is 11.8 Å². The Kier molecular flexibility index (Phi) is 2.87. The number of hydrogen-bond donors (Lipinski definition) is 0. The standard InChI is InChI=1S/C16H24O2/c1-2-4-11(3-1)9-17-10-12-7-13-14(8-12)16-6-5-15(13)18-16/h9,12-16H,1-8,10H2. The molecule has 4 atom stereocenters. The van der Waals surface area contributed by atoms with Gasteiger partial charge in [0.05, 0.1) is 25.1 Å². The molecule has 4 rings (SSSR count). The average Bonchev–Trinajstić information content (AvgIpc) is 3.12. The fourth-order valence-electron chi connectivity index (χ4n) is 4.77. The van der Waals surface area contributed by atoms with Crippen molar-refractivity contribution in [2.24, 2.45) is 17.8 Å². The van der Waals surface area contributed by atoms with Crippen LogP contribution in [-0.2, 0) is 9.47 Å². The van der Waals surface area contributed by atoms with Crippen molar-refractivity contribution in [3.8, 4) is 0 Å². The monoisotopic (exact) mass is 248 g/mol. The third kappa shape index (κ3) is 1.89. The van der Waals surface area contributed by atoms with E-state index in [4.69, 9.17) is 9.47 Å². The van der Waals surface area contributed by atoms with Gasteiger partial charge in [-0.15, -0.1) is 0 Å². The van der Waals surface area contributed by atoms with E-state index < -0.39 is 0 Å². The van der Waals surface area contributed by atoms with Crippen molar-refractivity contribution >= 4 is 0 Å². The van der Waals surface area contributed by atoms with E-state index in [1.165, 1.54) is 56.9 Å². The molecule has 2 aliphatic carbocycles. The van der Waals surface area contributed by atoms with Gasteiger partial charge in [0.2, 0.25) is 0 Å². The van der Waals surface area contributed by atoms with E-state index in [-0.39, 0.29) is 0 Å². The van der Waals surface area contributed by atoms with Crippen LogP contribution in [0.5, 0.6) is 0 Å². The van der Waals surface area contributed by atoms with Crippen molar-refractivity contribution in [1.29, 1.82) is 0 Å². The number of hydrogen-bond acceptors (Lipinski definition) is 2. The first kappa shape index (κ1) is 11.3. The summed E-state index contributed by atoms with van der Waals surface area (Å²) in [5.74, 6) is 2.54. The minimum Gasteiger partial charge on any atom is -0.501 e. The predicted octanol–water partition coefficient (Wildman–Crippen LogP) is 3.66. The zero-order chi connectivity index (χ0) is 11.9. The molecule has 0 radical (unpaired) electrons. The molecule has 100 valence electrons. The van der Waals surface area contributed by atoms with E-state index >= 15 is 0 Å². The van der Waals surface area contributed by atoms with Crippen LogP contribution in [0.3, 0.4) is 0 Å². The Labute approximate surface area is 110 Å². The molecule has 2 heteroatoms. The summed E-state index contributed by atoms with van der Waals surface area (Å²) in [5.41, 5.74) is 1.54. The average molecular weight is 248 g/mol. The van der Waals surface area contributed by atoms with Crippen molar-refractivity contribution in [3.05, 3.63) is 11.8 Å². The van der Waals surface area contributed by atoms with Gasteiger partial charge in [-0.25, -0.2) is 0 Å². The Balaban J connectivity index is 1.29. The molecule has 2 saturated carbocycles. The maximum absolute atomic E-state index is 6.02. The molecule has 0 spiro atoms. The molecule has 2 bridgehead atoms. The summed E-state index contributed by atoms with van der Waals surface area (Å²) in [4.78, 5) is 0. The van der Waals surface area contributed by atoms with Crippen molar-refractivity contribution in [2.75, 3.05) is 6.61 Å². The van der Waals surface area contributed by atoms with Crippen LogP contribution in [0, 0.1) is 17.8 Å². The van der Waals surface area contributed by atoms with Crippen LogP contribution < -0.4 is 0 Å². The third-order valence-electron chi connectivity index (χ3n) is 5.63.